The summed E-state index contributed by atoms with van der Waals surface area (Å²) in [4.78, 5) is 17.4. The molecule has 0 unspecified atom stereocenters. The molecule has 0 atom stereocenters. The average molecular weight is 298 g/mol. The van der Waals surface area contributed by atoms with Gasteiger partial charge in [-0.3, -0.25) is 4.79 Å². The third kappa shape index (κ3) is 3.44. The number of nitrogens with zero attached hydrogens (tertiary/aromatic N) is 1. The van der Waals surface area contributed by atoms with E-state index < -0.39 is 0 Å². The number of rotatable bonds is 3. The number of benzene rings is 2. The summed E-state index contributed by atoms with van der Waals surface area (Å²) < 4.78 is 0. The van der Waals surface area contributed by atoms with Gasteiger partial charge >= 0.3 is 0 Å². The molecule has 21 heavy (non-hydrogen) atoms. The highest BCUT2D eigenvalue weighted by Gasteiger charge is 2.13. The van der Waals surface area contributed by atoms with E-state index in [2.05, 4.69) is 10.5 Å². The molecule has 1 heterocycles. The highest BCUT2D eigenvalue weighted by atomic mass is 32.2. The van der Waals surface area contributed by atoms with Crippen molar-refractivity contribution in [3.8, 4) is 0 Å². The second kappa shape index (κ2) is 6.45. The number of anilines is 1. The van der Waals surface area contributed by atoms with Gasteiger partial charge in [0.2, 0.25) is 0 Å². The molecule has 1 aliphatic heterocycles. The topological polar surface area (TPSA) is 50.7 Å². The van der Waals surface area contributed by atoms with Crippen molar-refractivity contribution in [1.82, 2.24) is 0 Å². The molecule has 0 aliphatic carbocycles. The second-order valence-corrected chi connectivity index (χ2v) is 5.56. The summed E-state index contributed by atoms with van der Waals surface area (Å²) in [5, 5.41) is 7.72. The van der Waals surface area contributed by atoms with Gasteiger partial charge in [-0.25, -0.2) is 0 Å². The largest absolute Gasteiger partial charge is 0.394 e. The molecule has 106 valence electrons. The number of hydrogen-bond donors (Lipinski definition) is 1. The van der Waals surface area contributed by atoms with Gasteiger partial charge in [0.05, 0.1) is 0 Å². The highest BCUT2D eigenvalue weighted by molar-refractivity contribution is 8.14. The standard InChI is InChI=1S/C16H14N2O2S/c19-15(17-14-7-2-1-3-8-14)12-5-4-6-13(11-12)16-18-20-9-10-21-16/h1-8,11H,9-10H2,(H,17,19). The van der Waals surface area contributed by atoms with Crippen LogP contribution in [0.15, 0.2) is 59.8 Å². The third-order valence-electron chi connectivity index (χ3n) is 2.96. The van der Waals surface area contributed by atoms with Crippen LogP contribution in [-0.4, -0.2) is 23.3 Å². The van der Waals surface area contributed by atoms with Crippen LogP contribution in [0.3, 0.4) is 0 Å². The van der Waals surface area contributed by atoms with E-state index in [4.69, 9.17) is 4.84 Å². The van der Waals surface area contributed by atoms with Crippen LogP contribution >= 0.6 is 11.8 Å². The molecule has 5 heteroatoms. The van der Waals surface area contributed by atoms with E-state index in [1.165, 1.54) is 0 Å². The minimum atomic E-state index is -0.134. The van der Waals surface area contributed by atoms with Crippen LogP contribution in [0.4, 0.5) is 5.69 Å². The summed E-state index contributed by atoms with van der Waals surface area (Å²) in [5.41, 5.74) is 2.28. The molecule has 1 aliphatic rings. The van der Waals surface area contributed by atoms with Gasteiger partial charge in [-0.15, -0.1) is 0 Å². The first-order valence-corrected chi connectivity index (χ1v) is 7.61. The highest BCUT2D eigenvalue weighted by Crippen LogP contribution is 2.19. The molecule has 1 N–H and O–H groups in total. The first-order valence-electron chi connectivity index (χ1n) is 6.62. The number of thioether (sulfide) groups is 1. The maximum atomic E-state index is 12.3. The lowest BCUT2D eigenvalue weighted by atomic mass is 10.1. The lowest BCUT2D eigenvalue weighted by Crippen LogP contribution is -2.13. The molecule has 0 saturated carbocycles. The number of carbonyl (C=O) groups is 1. The van der Waals surface area contributed by atoms with E-state index in [9.17, 15) is 4.79 Å². The Labute approximate surface area is 127 Å². The Hall–Kier alpha value is -2.27. The molecule has 2 aromatic carbocycles. The van der Waals surface area contributed by atoms with Crippen LogP contribution in [0.2, 0.25) is 0 Å². The lowest BCUT2D eigenvalue weighted by molar-refractivity contribution is 0.102. The van der Waals surface area contributed by atoms with E-state index in [0.29, 0.717) is 12.2 Å². The molecule has 1 amide bonds. The molecule has 0 radical (unpaired) electrons. The van der Waals surface area contributed by atoms with Gasteiger partial charge in [0, 0.05) is 22.6 Å². The summed E-state index contributed by atoms with van der Waals surface area (Å²) >= 11 is 1.63. The van der Waals surface area contributed by atoms with Crippen molar-refractivity contribution in [2.75, 3.05) is 17.7 Å². The summed E-state index contributed by atoms with van der Waals surface area (Å²) in [6.07, 6.45) is 0. The minimum Gasteiger partial charge on any atom is -0.394 e. The smallest absolute Gasteiger partial charge is 0.255 e. The normalized spacial score (nSPS) is 14.0. The summed E-state index contributed by atoms with van der Waals surface area (Å²) in [7, 11) is 0. The van der Waals surface area contributed by atoms with E-state index in [-0.39, 0.29) is 5.91 Å². The molecular formula is C16H14N2O2S. The van der Waals surface area contributed by atoms with Crippen LogP contribution < -0.4 is 5.32 Å². The van der Waals surface area contributed by atoms with Crippen LogP contribution in [0.1, 0.15) is 15.9 Å². The zero-order valence-electron chi connectivity index (χ0n) is 11.3. The predicted octanol–water partition coefficient (Wildman–Crippen LogP) is 3.36. The number of para-hydroxylation sites is 1. The Morgan fingerprint density at radius 3 is 2.76 bits per heavy atom. The number of amides is 1. The molecule has 0 bridgehead atoms. The number of hydrogen-bond acceptors (Lipinski definition) is 4. The van der Waals surface area contributed by atoms with Gasteiger partial charge in [-0.1, -0.05) is 47.2 Å². The number of oxime groups is 1. The fourth-order valence-corrected chi connectivity index (χ4v) is 2.71. The average Bonchev–Trinajstić information content (AvgIpc) is 2.57. The Morgan fingerprint density at radius 2 is 2.00 bits per heavy atom. The Balaban J connectivity index is 1.79. The van der Waals surface area contributed by atoms with Gasteiger partial charge in [-0.05, 0) is 24.3 Å². The molecule has 0 aromatic heterocycles. The third-order valence-corrected chi connectivity index (χ3v) is 3.92. The zero-order valence-corrected chi connectivity index (χ0v) is 12.1. The molecule has 0 spiro atoms. The molecular weight excluding hydrogens is 284 g/mol. The van der Waals surface area contributed by atoms with E-state index >= 15 is 0 Å². The summed E-state index contributed by atoms with van der Waals surface area (Å²) in [5.74, 6) is 0.740. The Morgan fingerprint density at radius 1 is 1.14 bits per heavy atom. The first kappa shape index (κ1) is 13.7. The van der Waals surface area contributed by atoms with Gasteiger partial charge in [0.1, 0.15) is 11.7 Å². The van der Waals surface area contributed by atoms with Crippen molar-refractivity contribution in [3.63, 3.8) is 0 Å². The maximum Gasteiger partial charge on any atom is 0.255 e. The van der Waals surface area contributed by atoms with Crippen molar-refractivity contribution in [3.05, 3.63) is 65.7 Å². The number of nitrogens with one attached hydrogen (secondary N) is 1. The quantitative estimate of drug-likeness (QED) is 0.945. The molecule has 0 fully saturated rings. The van der Waals surface area contributed by atoms with E-state index in [1.54, 1.807) is 17.8 Å². The Kier molecular flexibility index (Phi) is 4.21. The lowest BCUT2D eigenvalue weighted by Gasteiger charge is -2.12. The Bertz CT molecular complexity index is 671. The van der Waals surface area contributed by atoms with Gasteiger partial charge in [0.15, 0.2) is 0 Å². The van der Waals surface area contributed by atoms with Gasteiger partial charge in [-0.2, -0.15) is 0 Å². The molecule has 4 nitrogen and oxygen atoms in total. The summed E-state index contributed by atoms with van der Waals surface area (Å²) in [6.45, 7) is 0.627. The predicted molar refractivity (Wildman–Crippen MR) is 85.8 cm³/mol. The van der Waals surface area contributed by atoms with E-state index in [0.717, 1.165) is 22.0 Å². The SMILES string of the molecule is O=C(Nc1ccccc1)c1cccc(C2=NOCCS2)c1. The van der Waals surface area contributed by atoms with Crippen molar-refractivity contribution in [2.45, 2.75) is 0 Å². The second-order valence-electron chi connectivity index (χ2n) is 4.48. The molecule has 2 aromatic rings. The van der Waals surface area contributed by atoms with Crippen LogP contribution in [0.25, 0.3) is 0 Å². The first-order chi connectivity index (χ1) is 10.3. The van der Waals surface area contributed by atoms with Crippen molar-refractivity contribution < 1.29 is 9.63 Å². The van der Waals surface area contributed by atoms with Crippen LogP contribution in [-0.2, 0) is 4.84 Å². The fraction of sp³-hybridized carbons (Fsp3) is 0.125. The van der Waals surface area contributed by atoms with Crippen LogP contribution in [0.5, 0.6) is 0 Å². The van der Waals surface area contributed by atoms with Crippen molar-refractivity contribution in [2.24, 2.45) is 5.16 Å². The fourth-order valence-electron chi connectivity index (χ4n) is 1.96. The summed E-state index contributed by atoms with van der Waals surface area (Å²) in [6, 6.07) is 16.8. The molecule has 0 saturated heterocycles. The monoisotopic (exact) mass is 298 g/mol. The zero-order chi connectivity index (χ0) is 14.5. The van der Waals surface area contributed by atoms with Crippen molar-refractivity contribution >= 4 is 28.4 Å². The van der Waals surface area contributed by atoms with E-state index in [1.807, 2.05) is 48.5 Å². The minimum absolute atomic E-state index is 0.134. The van der Waals surface area contributed by atoms with Crippen molar-refractivity contribution in [1.29, 1.82) is 0 Å². The maximum absolute atomic E-state index is 12.3. The van der Waals surface area contributed by atoms with Gasteiger partial charge < -0.3 is 10.2 Å². The molecule has 3 rings (SSSR count). The number of carbonyl (C=O) groups excluding carboxylic acids is 1. The van der Waals surface area contributed by atoms with Crippen LogP contribution in [0, 0.1) is 0 Å². The van der Waals surface area contributed by atoms with Gasteiger partial charge in [0.25, 0.3) is 5.91 Å².